The number of rotatable bonds is 5. The summed E-state index contributed by atoms with van der Waals surface area (Å²) in [6.07, 6.45) is 2.02. The number of aliphatic carboxylic acids is 1. The van der Waals surface area contributed by atoms with Gasteiger partial charge in [-0.15, -0.1) is 0 Å². The van der Waals surface area contributed by atoms with E-state index in [9.17, 15) is 9.59 Å². The zero-order valence-corrected chi connectivity index (χ0v) is 9.56. The topological polar surface area (TPSA) is 91.3 Å². The Balaban J connectivity index is 2.25. The third-order valence-electron chi connectivity index (χ3n) is 2.02. The van der Waals surface area contributed by atoms with E-state index in [0.717, 1.165) is 5.69 Å². The first kappa shape index (κ1) is 13.0. The van der Waals surface area contributed by atoms with Crippen molar-refractivity contribution in [3.8, 4) is 0 Å². The lowest BCUT2D eigenvalue weighted by atomic mass is 10.3. The molecule has 2 amide bonds. The second-order valence-electron chi connectivity index (χ2n) is 3.57. The van der Waals surface area contributed by atoms with Crippen LogP contribution in [0.15, 0.2) is 18.3 Å². The van der Waals surface area contributed by atoms with Crippen molar-refractivity contribution in [3.05, 3.63) is 24.0 Å². The largest absolute Gasteiger partial charge is 0.481 e. The van der Waals surface area contributed by atoms with Gasteiger partial charge in [0, 0.05) is 18.7 Å². The highest BCUT2D eigenvalue weighted by Gasteiger charge is 2.02. The molecule has 0 unspecified atom stereocenters. The SMILES string of the molecule is Cc1ccc(NC(=O)NCCCC(=O)O)cn1. The number of pyridine rings is 1. The van der Waals surface area contributed by atoms with E-state index in [1.54, 1.807) is 18.3 Å². The molecule has 1 aromatic rings. The van der Waals surface area contributed by atoms with Gasteiger partial charge < -0.3 is 15.7 Å². The molecule has 0 spiro atoms. The van der Waals surface area contributed by atoms with Gasteiger partial charge in [-0.1, -0.05) is 0 Å². The summed E-state index contributed by atoms with van der Waals surface area (Å²) in [5, 5.41) is 13.6. The molecule has 0 aliphatic heterocycles. The number of carboxylic acids is 1. The van der Waals surface area contributed by atoms with Crippen LogP contribution in [0.1, 0.15) is 18.5 Å². The number of carbonyl (C=O) groups is 2. The highest BCUT2D eigenvalue weighted by molar-refractivity contribution is 5.88. The molecular formula is C11H15N3O3. The van der Waals surface area contributed by atoms with Gasteiger partial charge in [-0.3, -0.25) is 9.78 Å². The van der Waals surface area contributed by atoms with Crippen LogP contribution < -0.4 is 10.6 Å². The fraction of sp³-hybridized carbons (Fsp3) is 0.364. The second-order valence-corrected chi connectivity index (χ2v) is 3.57. The van der Waals surface area contributed by atoms with Gasteiger partial charge in [0.25, 0.3) is 0 Å². The molecule has 0 radical (unpaired) electrons. The Labute approximate surface area is 99.1 Å². The molecule has 6 nitrogen and oxygen atoms in total. The van der Waals surface area contributed by atoms with Crippen LogP contribution in [0.3, 0.4) is 0 Å². The molecular weight excluding hydrogens is 222 g/mol. The summed E-state index contributed by atoms with van der Waals surface area (Å²) in [5.74, 6) is -0.866. The number of anilines is 1. The smallest absolute Gasteiger partial charge is 0.319 e. The van der Waals surface area contributed by atoms with Crippen molar-refractivity contribution >= 4 is 17.7 Å². The van der Waals surface area contributed by atoms with Crippen molar-refractivity contribution in [2.24, 2.45) is 0 Å². The Morgan fingerprint density at radius 3 is 2.76 bits per heavy atom. The lowest BCUT2D eigenvalue weighted by molar-refractivity contribution is -0.137. The number of nitrogens with one attached hydrogen (secondary N) is 2. The number of amides is 2. The number of hydrogen-bond acceptors (Lipinski definition) is 3. The van der Waals surface area contributed by atoms with Gasteiger partial charge in [0.1, 0.15) is 0 Å². The first-order chi connectivity index (χ1) is 8.08. The predicted octanol–water partition coefficient (Wildman–Crippen LogP) is 1.38. The van der Waals surface area contributed by atoms with Crippen LogP contribution in [0, 0.1) is 6.92 Å². The Morgan fingerprint density at radius 2 is 2.18 bits per heavy atom. The molecule has 0 aliphatic carbocycles. The van der Waals surface area contributed by atoms with Crippen LogP contribution in [0.5, 0.6) is 0 Å². The van der Waals surface area contributed by atoms with Gasteiger partial charge >= 0.3 is 12.0 Å². The molecule has 1 rings (SSSR count). The van der Waals surface area contributed by atoms with Gasteiger partial charge in [-0.25, -0.2) is 4.79 Å². The molecule has 92 valence electrons. The van der Waals surface area contributed by atoms with E-state index in [1.807, 2.05) is 6.92 Å². The molecule has 6 heteroatoms. The minimum Gasteiger partial charge on any atom is -0.481 e. The third kappa shape index (κ3) is 5.50. The molecule has 0 saturated heterocycles. The minimum absolute atomic E-state index is 0.0480. The van der Waals surface area contributed by atoms with Crippen molar-refractivity contribution in [1.29, 1.82) is 0 Å². The van der Waals surface area contributed by atoms with E-state index < -0.39 is 5.97 Å². The summed E-state index contributed by atoms with van der Waals surface area (Å²) in [7, 11) is 0. The highest BCUT2D eigenvalue weighted by Crippen LogP contribution is 2.04. The lowest BCUT2D eigenvalue weighted by Gasteiger charge is -2.06. The Bertz CT molecular complexity index is 389. The van der Waals surface area contributed by atoms with Gasteiger partial charge in [-0.05, 0) is 25.5 Å². The third-order valence-corrected chi connectivity index (χ3v) is 2.02. The van der Waals surface area contributed by atoms with Crippen molar-refractivity contribution in [2.45, 2.75) is 19.8 Å². The molecule has 0 fully saturated rings. The van der Waals surface area contributed by atoms with E-state index >= 15 is 0 Å². The maximum Gasteiger partial charge on any atom is 0.319 e. The van der Waals surface area contributed by atoms with Gasteiger partial charge in [0.2, 0.25) is 0 Å². The van der Waals surface area contributed by atoms with Crippen LogP contribution >= 0.6 is 0 Å². The van der Waals surface area contributed by atoms with Gasteiger partial charge in [-0.2, -0.15) is 0 Å². The van der Waals surface area contributed by atoms with Crippen molar-refractivity contribution in [1.82, 2.24) is 10.3 Å². The average Bonchev–Trinajstić information content (AvgIpc) is 2.27. The van der Waals surface area contributed by atoms with Gasteiger partial charge in [0.15, 0.2) is 0 Å². The number of nitrogens with zero attached hydrogens (tertiary/aromatic N) is 1. The van der Waals surface area contributed by atoms with Crippen molar-refractivity contribution in [2.75, 3.05) is 11.9 Å². The number of urea groups is 1. The molecule has 1 aromatic heterocycles. The second kappa shape index (κ2) is 6.47. The molecule has 0 bridgehead atoms. The fourth-order valence-corrected chi connectivity index (χ4v) is 1.16. The van der Waals surface area contributed by atoms with Crippen LogP contribution in [-0.4, -0.2) is 28.6 Å². The first-order valence-electron chi connectivity index (χ1n) is 5.27. The predicted molar refractivity (Wildman–Crippen MR) is 62.9 cm³/mol. The van der Waals surface area contributed by atoms with E-state index in [1.165, 1.54) is 0 Å². The molecule has 0 aromatic carbocycles. The standard InChI is InChI=1S/C11H15N3O3/c1-8-4-5-9(7-13-8)14-11(17)12-6-2-3-10(15)16/h4-5,7H,2-3,6H2,1H3,(H,15,16)(H2,12,14,17). The number of carboxylic acid groups (broad SMARTS) is 1. The monoisotopic (exact) mass is 237 g/mol. The number of carbonyl (C=O) groups excluding carboxylic acids is 1. The average molecular weight is 237 g/mol. The molecule has 3 N–H and O–H groups in total. The highest BCUT2D eigenvalue weighted by atomic mass is 16.4. The summed E-state index contributed by atoms with van der Waals surface area (Å²) in [5.41, 5.74) is 1.48. The van der Waals surface area contributed by atoms with Crippen LogP contribution in [-0.2, 0) is 4.79 Å². The maximum atomic E-state index is 11.3. The molecule has 0 atom stereocenters. The zero-order valence-electron chi connectivity index (χ0n) is 9.56. The quantitative estimate of drug-likeness (QED) is 0.674. The minimum atomic E-state index is -0.866. The first-order valence-corrected chi connectivity index (χ1v) is 5.27. The molecule has 17 heavy (non-hydrogen) atoms. The van der Waals surface area contributed by atoms with Gasteiger partial charge in [0.05, 0.1) is 11.9 Å². The van der Waals surface area contributed by atoms with E-state index in [2.05, 4.69) is 15.6 Å². The lowest BCUT2D eigenvalue weighted by Crippen LogP contribution is -2.29. The van der Waals surface area contributed by atoms with E-state index in [-0.39, 0.29) is 12.5 Å². The summed E-state index contributed by atoms with van der Waals surface area (Å²) >= 11 is 0. The summed E-state index contributed by atoms with van der Waals surface area (Å²) in [6, 6.07) is 3.18. The number of aromatic nitrogens is 1. The fourth-order valence-electron chi connectivity index (χ4n) is 1.16. The molecule has 0 saturated carbocycles. The van der Waals surface area contributed by atoms with Crippen LogP contribution in [0.2, 0.25) is 0 Å². The summed E-state index contributed by atoms with van der Waals surface area (Å²) in [6.45, 7) is 2.19. The maximum absolute atomic E-state index is 11.3. The van der Waals surface area contributed by atoms with Crippen molar-refractivity contribution < 1.29 is 14.7 Å². The van der Waals surface area contributed by atoms with Crippen LogP contribution in [0.25, 0.3) is 0 Å². The summed E-state index contributed by atoms with van der Waals surface area (Å²) in [4.78, 5) is 25.6. The Morgan fingerprint density at radius 1 is 1.41 bits per heavy atom. The molecule has 1 heterocycles. The van der Waals surface area contributed by atoms with E-state index in [4.69, 9.17) is 5.11 Å². The molecule has 0 aliphatic rings. The Kier molecular flexibility index (Phi) is 4.93. The van der Waals surface area contributed by atoms with E-state index in [0.29, 0.717) is 18.7 Å². The number of hydrogen-bond donors (Lipinski definition) is 3. The normalized spacial score (nSPS) is 9.71. The zero-order chi connectivity index (χ0) is 12.7. The van der Waals surface area contributed by atoms with Crippen LogP contribution in [0.4, 0.5) is 10.5 Å². The van der Waals surface area contributed by atoms with Crippen molar-refractivity contribution in [3.63, 3.8) is 0 Å². The number of aryl methyl sites for hydroxylation is 1. The summed E-state index contributed by atoms with van der Waals surface area (Å²) < 4.78 is 0. The Hall–Kier alpha value is -2.11.